The van der Waals surface area contributed by atoms with Gasteiger partial charge in [-0.1, -0.05) is 11.6 Å². The van der Waals surface area contributed by atoms with E-state index in [4.69, 9.17) is 11.6 Å². The molecule has 0 fully saturated rings. The number of nitrogens with one attached hydrogen (secondary N) is 1. The second-order valence-electron chi connectivity index (χ2n) is 4.43. The Kier molecular flexibility index (Phi) is 6.57. The smallest absolute Gasteiger partial charge is 0.220 e. The SMILES string of the molecule is O=C(CCSc1ccc(Cl)cc1)NCC(O)c1ccsc1. The Morgan fingerprint density at radius 3 is 2.76 bits per heavy atom. The summed E-state index contributed by atoms with van der Waals surface area (Å²) in [5.41, 5.74) is 0.843. The van der Waals surface area contributed by atoms with Crippen molar-refractivity contribution >= 4 is 40.6 Å². The number of aliphatic hydroxyl groups excluding tert-OH is 1. The Morgan fingerprint density at radius 1 is 1.33 bits per heavy atom. The van der Waals surface area contributed by atoms with Crippen molar-refractivity contribution in [2.75, 3.05) is 12.3 Å². The number of halogens is 1. The lowest BCUT2D eigenvalue weighted by Gasteiger charge is -2.10. The molecule has 2 aromatic rings. The third-order valence-electron chi connectivity index (χ3n) is 2.83. The van der Waals surface area contributed by atoms with Crippen molar-refractivity contribution in [3.63, 3.8) is 0 Å². The molecule has 2 rings (SSSR count). The van der Waals surface area contributed by atoms with E-state index in [9.17, 15) is 9.90 Å². The van der Waals surface area contributed by atoms with E-state index < -0.39 is 6.10 Å². The topological polar surface area (TPSA) is 49.3 Å². The van der Waals surface area contributed by atoms with E-state index in [1.54, 1.807) is 11.8 Å². The van der Waals surface area contributed by atoms with Gasteiger partial charge in [-0.2, -0.15) is 11.3 Å². The first-order chi connectivity index (χ1) is 10.1. The maximum atomic E-state index is 11.7. The fourth-order valence-electron chi connectivity index (χ4n) is 1.67. The standard InChI is InChI=1S/C15H16ClNO2S2/c16-12-1-3-13(4-2-12)21-8-6-15(19)17-9-14(18)11-5-7-20-10-11/h1-5,7,10,14,18H,6,8-9H2,(H,17,19). The molecule has 0 aliphatic carbocycles. The zero-order valence-electron chi connectivity index (χ0n) is 11.3. The summed E-state index contributed by atoms with van der Waals surface area (Å²) in [6.07, 6.45) is -0.215. The highest BCUT2D eigenvalue weighted by Gasteiger charge is 2.09. The maximum absolute atomic E-state index is 11.7. The number of aliphatic hydroxyl groups is 1. The van der Waals surface area contributed by atoms with Gasteiger partial charge in [0.05, 0.1) is 6.10 Å². The fraction of sp³-hybridized carbons (Fsp3) is 0.267. The number of thiophene rings is 1. The summed E-state index contributed by atoms with van der Waals surface area (Å²) in [5.74, 6) is 0.646. The second kappa shape index (κ2) is 8.44. The zero-order valence-corrected chi connectivity index (χ0v) is 13.7. The van der Waals surface area contributed by atoms with Crippen molar-refractivity contribution in [2.45, 2.75) is 17.4 Å². The average Bonchev–Trinajstić information content (AvgIpc) is 3.01. The minimum atomic E-state index is -0.635. The van der Waals surface area contributed by atoms with E-state index in [0.29, 0.717) is 17.2 Å². The van der Waals surface area contributed by atoms with E-state index in [1.165, 1.54) is 11.3 Å². The van der Waals surface area contributed by atoms with Crippen LogP contribution in [0.1, 0.15) is 18.1 Å². The molecule has 0 spiro atoms. The lowest BCUT2D eigenvalue weighted by molar-refractivity contribution is -0.121. The average molecular weight is 342 g/mol. The van der Waals surface area contributed by atoms with Gasteiger partial charge in [-0.3, -0.25) is 4.79 Å². The van der Waals surface area contributed by atoms with Crippen LogP contribution >= 0.6 is 34.7 Å². The van der Waals surface area contributed by atoms with Gasteiger partial charge >= 0.3 is 0 Å². The van der Waals surface area contributed by atoms with Crippen LogP contribution in [-0.2, 0) is 4.79 Å². The molecule has 21 heavy (non-hydrogen) atoms. The second-order valence-corrected chi connectivity index (χ2v) is 6.81. The molecular formula is C15H16ClNO2S2. The molecule has 1 heterocycles. The number of carbonyl (C=O) groups excluding carboxylic acids is 1. The number of carbonyl (C=O) groups is 1. The van der Waals surface area contributed by atoms with Gasteiger partial charge in [0.25, 0.3) is 0 Å². The van der Waals surface area contributed by atoms with Crippen LogP contribution in [0.25, 0.3) is 0 Å². The molecule has 0 aliphatic heterocycles. The quantitative estimate of drug-likeness (QED) is 0.754. The summed E-state index contributed by atoms with van der Waals surface area (Å²) in [6.45, 7) is 0.251. The van der Waals surface area contributed by atoms with Gasteiger partial charge in [0.2, 0.25) is 5.91 Å². The van der Waals surface area contributed by atoms with Crippen LogP contribution in [0.15, 0.2) is 46.0 Å². The van der Waals surface area contributed by atoms with Crippen LogP contribution in [0.2, 0.25) is 5.02 Å². The molecule has 1 atom stereocenters. The van der Waals surface area contributed by atoms with Crippen molar-refractivity contribution in [1.29, 1.82) is 0 Å². The lowest BCUT2D eigenvalue weighted by atomic mass is 10.2. The first kappa shape index (κ1) is 16.4. The van der Waals surface area contributed by atoms with Gasteiger partial charge in [0, 0.05) is 28.6 Å². The molecule has 112 valence electrons. The number of hydrogen-bond acceptors (Lipinski definition) is 4. The Morgan fingerprint density at radius 2 is 2.10 bits per heavy atom. The van der Waals surface area contributed by atoms with Crippen LogP contribution < -0.4 is 5.32 Å². The van der Waals surface area contributed by atoms with Crippen molar-refractivity contribution in [3.05, 3.63) is 51.7 Å². The molecule has 0 bridgehead atoms. The summed E-state index contributed by atoms with van der Waals surface area (Å²) in [4.78, 5) is 12.8. The van der Waals surface area contributed by atoms with Crippen molar-refractivity contribution in [3.8, 4) is 0 Å². The summed E-state index contributed by atoms with van der Waals surface area (Å²) in [5, 5.41) is 17.1. The molecule has 0 saturated heterocycles. The molecule has 1 unspecified atom stereocenters. The molecule has 1 amide bonds. The van der Waals surface area contributed by atoms with Gasteiger partial charge in [0.1, 0.15) is 0 Å². The highest BCUT2D eigenvalue weighted by Crippen LogP contribution is 2.21. The van der Waals surface area contributed by atoms with Crippen LogP contribution in [0, 0.1) is 0 Å². The Balaban J connectivity index is 1.64. The zero-order chi connectivity index (χ0) is 15.1. The Labute approximate surface area is 137 Å². The van der Waals surface area contributed by atoms with Crippen LogP contribution in [0.5, 0.6) is 0 Å². The number of hydrogen-bond donors (Lipinski definition) is 2. The van der Waals surface area contributed by atoms with Gasteiger partial charge in [-0.15, -0.1) is 11.8 Å². The molecule has 1 aromatic carbocycles. The number of amides is 1. The lowest BCUT2D eigenvalue weighted by Crippen LogP contribution is -2.28. The maximum Gasteiger partial charge on any atom is 0.220 e. The summed E-state index contributed by atoms with van der Waals surface area (Å²) in [7, 11) is 0. The molecule has 0 saturated carbocycles. The van der Waals surface area contributed by atoms with Crippen molar-refractivity contribution in [2.24, 2.45) is 0 Å². The van der Waals surface area contributed by atoms with Crippen LogP contribution in [0.3, 0.4) is 0 Å². The van der Waals surface area contributed by atoms with E-state index >= 15 is 0 Å². The predicted molar refractivity (Wildman–Crippen MR) is 89.1 cm³/mol. The Hall–Kier alpha value is -1.01. The minimum absolute atomic E-state index is 0.0502. The number of thioether (sulfide) groups is 1. The van der Waals surface area contributed by atoms with Crippen molar-refractivity contribution < 1.29 is 9.90 Å². The first-order valence-electron chi connectivity index (χ1n) is 6.50. The number of rotatable bonds is 7. The van der Waals surface area contributed by atoms with E-state index in [1.807, 2.05) is 41.1 Å². The number of benzene rings is 1. The molecular weight excluding hydrogens is 326 g/mol. The van der Waals surface area contributed by atoms with Gasteiger partial charge < -0.3 is 10.4 Å². The Bertz CT molecular complexity index is 558. The van der Waals surface area contributed by atoms with E-state index in [2.05, 4.69) is 5.32 Å². The highest BCUT2D eigenvalue weighted by molar-refractivity contribution is 7.99. The summed E-state index contributed by atoms with van der Waals surface area (Å²) in [6, 6.07) is 9.40. The monoisotopic (exact) mass is 341 g/mol. The fourth-order valence-corrected chi connectivity index (χ4v) is 3.36. The minimum Gasteiger partial charge on any atom is -0.387 e. The van der Waals surface area contributed by atoms with Gasteiger partial charge in [-0.25, -0.2) is 0 Å². The normalized spacial score (nSPS) is 12.1. The van der Waals surface area contributed by atoms with Gasteiger partial charge in [0.15, 0.2) is 0 Å². The summed E-state index contributed by atoms with van der Waals surface area (Å²) < 4.78 is 0. The molecule has 0 aliphatic rings. The van der Waals surface area contributed by atoms with E-state index in [0.717, 1.165) is 10.5 Å². The molecule has 6 heteroatoms. The van der Waals surface area contributed by atoms with E-state index in [-0.39, 0.29) is 12.5 Å². The predicted octanol–water partition coefficient (Wildman–Crippen LogP) is 3.73. The van der Waals surface area contributed by atoms with Crippen LogP contribution in [-0.4, -0.2) is 23.3 Å². The first-order valence-corrected chi connectivity index (χ1v) is 8.81. The molecule has 3 nitrogen and oxygen atoms in total. The molecule has 2 N–H and O–H groups in total. The molecule has 0 radical (unpaired) electrons. The third kappa shape index (κ3) is 5.71. The third-order valence-corrected chi connectivity index (χ3v) is 4.80. The van der Waals surface area contributed by atoms with Gasteiger partial charge in [-0.05, 0) is 46.7 Å². The molecule has 1 aromatic heterocycles. The van der Waals surface area contributed by atoms with Crippen molar-refractivity contribution in [1.82, 2.24) is 5.32 Å². The highest BCUT2D eigenvalue weighted by atomic mass is 35.5. The largest absolute Gasteiger partial charge is 0.387 e. The van der Waals surface area contributed by atoms with Crippen LogP contribution in [0.4, 0.5) is 0 Å². The summed E-state index contributed by atoms with van der Waals surface area (Å²) >= 11 is 8.95.